The van der Waals surface area contributed by atoms with E-state index < -0.39 is 10.2 Å². The first kappa shape index (κ1) is 16.2. The number of likely N-dealkylation sites (N-methyl/N-ethyl adjacent to an activating group) is 1. The number of rotatable bonds is 4. The van der Waals surface area contributed by atoms with Crippen molar-refractivity contribution in [3.63, 3.8) is 0 Å². The van der Waals surface area contributed by atoms with E-state index in [0.717, 1.165) is 12.8 Å². The molecule has 2 heterocycles. The second kappa shape index (κ2) is 6.27. The predicted octanol–water partition coefficient (Wildman–Crippen LogP) is -0.216. The van der Waals surface area contributed by atoms with Gasteiger partial charge >= 0.3 is 0 Å². The van der Waals surface area contributed by atoms with Gasteiger partial charge in [-0.3, -0.25) is 0 Å². The summed E-state index contributed by atoms with van der Waals surface area (Å²) in [5.74, 6) is 0.856. The van der Waals surface area contributed by atoms with Crippen LogP contribution in [-0.2, 0) is 10.2 Å². The lowest BCUT2D eigenvalue weighted by molar-refractivity contribution is 0.252. The van der Waals surface area contributed by atoms with E-state index in [1.807, 2.05) is 14.1 Å². The zero-order chi connectivity index (χ0) is 14.9. The van der Waals surface area contributed by atoms with Crippen LogP contribution in [0, 0.1) is 11.8 Å². The van der Waals surface area contributed by atoms with Crippen molar-refractivity contribution in [2.24, 2.45) is 17.6 Å². The summed E-state index contributed by atoms with van der Waals surface area (Å²) >= 11 is 0. The van der Waals surface area contributed by atoms with Crippen LogP contribution >= 0.6 is 0 Å². The topological polar surface area (TPSA) is 69.9 Å². The van der Waals surface area contributed by atoms with E-state index in [4.69, 9.17) is 5.73 Å². The summed E-state index contributed by atoms with van der Waals surface area (Å²) in [5.41, 5.74) is 5.67. The van der Waals surface area contributed by atoms with Crippen molar-refractivity contribution >= 4 is 10.2 Å². The second-order valence-electron chi connectivity index (χ2n) is 6.41. The molecule has 118 valence electrons. The Balaban J connectivity index is 2.01. The Bertz CT molecular complexity index is 418. The fourth-order valence-corrected chi connectivity index (χ4v) is 5.07. The highest BCUT2D eigenvalue weighted by Gasteiger charge is 2.40. The van der Waals surface area contributed by atoms with Crippen LogP contribution < -0.4 is 5.73 Å². The maximum Gasteiger partial charge on any atom is 0.282 e. The number of hydrogen-bond acceptors (Lipinski definition) is 4. The molecule has 20 heavy (non-hydrogen) atoms. The fraction of sp³-hybridized carbons (Fsp3) is 1.00. The van der Waals surface area contributed by atoms with Crippen LogP contribution in [0.1, 0.15) is 19.8 Å². The third-order valence-corrected chi connectivity index (χ3v) is 6.73. The van der Waals surface area contributed by atoms with Gasteiger partial charge in [-0.1, -0.05) is 6.92 Å². The Morgan fingerprint density at radius 1 is 1.15 bits per heavy atom. The summed E-state index contributed by atoms with van der Waals surface area (Å²) in [6.07, 6.45) is 1.77. The molecule has 2 aliphatic heterocycles. The first-order chi connectivity index (χ1) is 9.36. The molecule has 0 aromatic carbocycles. The van der Waals surface area contributed by atoms with Crippen molar-refractivity contribution in [3.05, 3.63) is 0 Å². The molecule has 7 heteroatoms. The number of piperidine rings is 1. The molecular weight excluding hydrogens is 276 g/mol. The van der Waals surface area contributed by atoms with Crippen LogP contribution in [0.4, 0.5) is 0 Å². The summed E-state index contributed by atoms with van der Waals surface area (Å²) in [5, 5.41) is 0. The van der Waals surface area contributed by atoms with Crippen molar-refractivity contribution in [3.8, 4) is 0 Å². The lowest BCUT2D eigenvalue weighted by atomic mass is 9.99. The molecule has 0 amide bonds. The Morgan fingerprint density at radius 3 is 2.20 bits per heavy atom. The van der Waals surface area contributed by atoms with Gasteiger partial charge in [-0.15, -0.1) is 0 Å². The maximum atomic E-state index is 12.7. The van der Waals surface area contributed by atoms with Gasteiger partial charge in [-0.05, 0) is 45.3 Å². The molecule has 0 aliphatic carbocycles. The van der Waals surface area contributed by atoms with E-state index in [2.05, 4.69) is 11.8 Å². The molecule has 2 aliphatic rings. The Labute approximate surface area is 123 Å². The highest BCUT2D eigenvalue weighted by atomic mass is 32.2. The van der Waals surface area contributed by atoms with Gasteiger partial charge in [0.05, 0.1) is 0 Å². The second-order valence-corrected chi connectivity index (χ2v) is 8.34. The molecule has 2 saturated heterocycles. The fourth-order valence-electron chi connectivity index (χ4n) is 3.31. The van der Waals surface area contributed by atoms with Crippen molar-refractivity contribution < 1.29 is 8.42 Å². The van der Waals surface area contributed by atoms with Crippen LogP contribution in [-0.4, -0.2) is 74.8 Å². The molecule has 0 aromatic heterocycles. The lowest BCUT2D eigenvalue weighted by Gasteiger charge is -2.33. The molecule has 0 aromatic rings. The molecule has 0 saturated carbocycles. The summed E-state index contributed by atoms with van der Waals surface area (Å²) in [6.45, 7) is 5.25. The summed E-state index contributed by atoms with van der Waals surface area (Å²) in [4.78, 5) is 2.13. The van der Waals surface area contributed by atoms with E-state index in [1.165, 1.54) is 0 Å². The smallest absolute Gasteiger partial charge is 0.282 e. The lowest BCUT2D eigenvalue weighted by Crippen LogP contribution is -2.47. The minimum Gasteiger partial charge on any atom is -0.330 e. The molecule has 6 nitrogen and oxygen atoms in total. The van der Waals surface area contributed by atoms with Crippen LogP contribution in [0.3, 0.4) is 0 Å². The molecule has 0 radical (unpaired) electrons. The van der Waals surface area contributed by atoms with Gasteiger partial charge in [0.2, 0.25) is 0 Å². The maximum absolute atomic E-state index is 12.7. The summed E-state index contributed by atoms with van der Waals surface area (Å²) in [7, 11) is 0.742. The van der Waals surface area contributed by atoms with E-state index in [-0.39, 0.29) is 0 Å². The van der Waals surface area contributed by atoms with Gasteiger partial charge in [0.1, 0.15) is 0 Å². The Kier molecular flexibility index (Phi) is 5.07. The monoisotopic (exact) mass is 304 g/mol. The summed E-state index contributed by atoms with van der Waals surface area (Å²) in [6, 6.07) is 0.311. The third-order valence-electron chi connectivity index (χ3n) is 4.76. The van der Waals surface area contributed by atoms with Gasteiger partial charge in [0, 0.05) is 32.2 Å². The molecule has 2 fully saturated rings. The molecule has 2 unspecified atom stereocenters. The first-order valence-electron chi connectivity index (χ1n) is 7.48. The average molecular weight is 304 g/mol. The zero-order valence-electron chi connectivity index (χ0n) is 12.8. The Morgan fingerprint density at radius 2 is 1.75 bits per heavy atom. The molecule has 2 rings (SSSR count). The third kappa shape index (κ3) is 3.17. The van der Waals surface area contributed by atoms with Crippen molar-refractivity contribution in [2.45, 2.75) is 25.8 Å². The average Bonchev–Trinajstić information content (AvgIpc) is 2.82. The van der Waals surface area contributed by atoms with Crippen molar-refractivity contribution in [1.82, 2.24) is 13.5 Å². The number of nitrogens with two attached hydrogens (primary N) is 1. The quantitative estimate of drug-likeness (QED) is 0.780. The summed E-state index contributed by atoms with van der Waals surface area (Å²) < 4.78 is 28.7. The van der Waals surface area contributed by atoms with Crippen LogP contribution in [0.5, 0.6) is 0 Å². The molecular formula is C13H28N4O2S. The largest absolute Gasteiger partial charge is 0.330 e. The van der Waals surface area contributed by atoms with E-state index >= 15 is 0 Å². The normalized spacial score (nSPS) is 31.2. The minimum absolute atomic E-state index is 0.311. The predicted molar refractivity (Wildman–Crippen MR) is 80.5 cm³/mol. The highest BCUT2D eigenvalue weighted by molar-refractivity contribution is 7.86. The standard InChI is InChI=1S/C13H28N4O2S/c1-11-9-17(10-13(11)15(2)3)20(18,19)16-6-4-12(8-14)5-7-16/h11-13H,4-10,14H2,1-3H3. The van der Waals surface area contributed by atoms with E-state index in [9.17, 15) is 8.42 Å². The molecule has 2 N–H and O–H groups in total. The van der Waals surface area contributed by atoms with Crippen LogP contribution in [0.2, 0.25) is 0 Å². The van der Waals surface area contributed by atoms with Gasteiger partial charge in [0.25, 0.3) is 10.2 Å². The first-order valence-corrected chi connectivity index (χ1v) is 8.87. The van der Waals surface area contributed by atoms with Gasteiger partial charge in [0.15, 0.2) is 0 Å². The molecule has 0 spiro atoms. The van der Waals surface area contributed by atoms with Crippen LogP contribution in [0.25, 0.3) is 0 Å². The number of hydrogen-bond donors (Lipinski definition) is 1. The van der Waals surface area contributed by atoms with Crippen molar-refractivity contribution in [1.29, 1.82) is 0 Å². The van der Waals surface area contributed by atoms with E-state index in [0.29, 0.717) is 50.6 Å². The zero-order valence-corrected chi connectivity index (χ0v) is 13.6. The van der Waals surface area contributed by atoms with Crippen LogP contribution in [0.15, 0.2) is 0 Å². The molecule has 2 atom stereocenters. The van der Waals surface area contributed by atoms with Gasteiger partial charge < -0.3 is 10.6 Å². The van der Waals surface area contributed by atoms with Crippen molar-refractivity contribution in [2.75, 3.05) is 46.8 Å². The highest BCUT2D eigenvalue weighted by Crippen LogP contribution is 2.27. The SMILES string of the molecule is CC1CN(S(=O)(=O)N2CCC(CN)CC2)CC1N(C)C. The Hall–Kier alpha value is -0.210. The minimum atomic E-state index is -3.29. The van der Waals surface area contributed by atoms with Gasteiger partial charge in [-0.25, -0.2) is 0 Å². The van der Waals surface area contributed by atoms with E-state index in [1.54, 1.807) is 8.61 Å². The molecule has 0 bridgehead atoms. The van der Waals surface area contributed by atoms with Gasteiger partial charge in [-0.2, -0.15) is 17.0 Å². The number of nitrogens with zero attached hydrogens (tertiary/aromatic N) is 3.